The Kier molecular flexibility index (Phi) is 3.61. The quantitative estimate of drug-likeness (QED) is 0.748. The summed E-state index contributed by atoms with van der Waals surface area (Å²) in [4.78, 5) is 27.2. The van der Waals surface area contributed by atoms with Gasteiger partial charge in [-0.15, -0.1) is 0 Å². The van der Waals surface area contributed by atoms with Crippen molar-refractivity contribution in [1.29, 1.82) is 0 Å². The monoisotopic (exact) mass is 254 g/mol. The summed E-state index contributed by atoms with van der Waals surface area (Å²) in [5.41, 5.74) is -1.06. The summed E-state index contributed by atoms with van der Waals surface area (Å²) < 4.78 is 0. The highest BCUT2D eigenvalue weighted by Crippen LogP contribution is 2.47. The lowest BCUT2D eigenvalue weighted by atomic mass is 9.94. The lowest BCUT2D eigenvalue weighted by molar-refractivity contribution is -0.154. The Labute approximate surface area is 108 Å². The zero-order chi connectivity index (χ0) is 13.3. The highest BCUT2D eigenvalue weighted by Gasteiger charge is 2.58. The summed E-state index contributed by atoms with van der Waals surface area (Å²) in [7, 11) is 4.11. The van der Waals surface area contributed by atoms with E-state index in [0.717, 1.165) is 19.4 Å². The molecule has 1 aliphatic carbocycles. The predicted octanol–water partition coefficient (Wildman–Crippen LogP) is 0.651. The van der Waals surface area contributed by atoms with E-state index in [9.17, 15) is 9.59 Å². The number of aliphatic carboxylic acids is 1. The highest BCUT2D eigenvalue weighted by molar-refractivity contribution is 6.04. The van der Waals surface area contributed by atoms with Crippen LogP contribution in [-0.4, -0.2) is 60.5 Å². The number of rotatable bonds is 4. The van der Waals surface area contributed by atoms with E-state index < -0.39 is 11.4 Å². The largest absolute Gasteiger partial charge is 0.480 e. The Morgan fingerprint density at radius 3 is 2.22 bits per heavy atom. The maximum absolute atomic E-state index is 12.2. The molecule has 2 rings (SSSR count). The van der Waals surface area contributed by atoms with Crippen molar-refractivity contribution >= 4 is 11.9 Å². The summed E-state index contributed by atoms with van der Waals surface area (Å²) in [6.07, 6.45) is 3.00. The lowest BCUT2D eigenvalue weighted by Gasteiger charge is -2.34. The zero-order valence-electron chi connectivity index (χ0n) is 11.2. The fraction of sp³-hybridized carbons (Fsp3) is 0.846. The molecule has 5 heteroatoms. The fourth-order valence-electron chi connectivity index (χ4n) is 2.78. The molecule has 2 aliphatic rings. The van der Waals surface area contributed by atoms with E-state index in [4.69, 9.17) is 5.11 Å². The third-order valence-electron chi connectivity index (χ3n) is 4.09. The molecule has 0 bridgehead atoms. The van der Waals surface area contributed by atoms with E-state index >= 15 is 0 Å². The second-order valence-electron chi connectivity index (χ2n) is 5.89. The Balaban J connectivity index is 1.87. The Bertz CT molecular complexity index is 342. The molecule has 1 N–H and O–H groups in total. The van der Waals surface area contributed by atoms with Gasteiger partial charge in [0.15, 0.2) is 0 Å². The van der Waals surface area contributed by atoms with Gasteiger partial charge in [0.1, 0.15) is 5.41 Å². The van der Waals surface area contributed by atoms with Crippen LogP contribution in [0.25, 0.3) is 0 Å². The number of nitrogens with zero attached hydrogens (tertiary/aromatic N) is 2. The maximum atomic E-state index is 12.2. The Morgan fingerprint density at radius 2 is 1.83 bits per heavy atom. The molecular weight excluding hydrogens is 232 g/mol. The Morgan fingerprint density at radius 1 is 1.28 bits per heavy atom. The second kappa shape index (κ2) is 4.88. The SMILES string of the molecule is CN(C)CC1CCN(C(=O)C2(C(=O)O)CC2)CC1. The van der Waals surface area contributed by atoms with Crippen molar-refractivity contribution in [3.05, 3.63) is 0 Å². The van der Waals surface area contributed by atoms with Gasteiger partial charge >= 0.3 is 5.97 Å². The normalized spacial score (nSPS) is 23.2. The van der Waals surface area contributed by atoms with Crippen molar-refractivity contribution in [2.45, 2.75) is 25.7 Å². The minimum Gasteiger partial charge on any atom is -0.480 e. The van der Waals surface area contributed by atoms with E-state index in [1.165, 1.54) is 0 Å². The molecule has 1 heterocycles. The van der Waals surface area contributed by atoms with Crippen LogP contribution in [0.15, 0.2) is 0 Å². The molecule has 5 nitrogen and oxygen atoms in total. The molecule has 1 saturated heterocycles. The Hall–Kier alpha value is -1.10. The van der Waals surface area contributed by atoms with E-state index in [2.05, 4.69) is 19.0 Å². The van der Waals surface area contributed by atoms with Crippen LogP contribution < -0.4 is 0 Å². The van der Waals surface area contributed by atoms with E-state index in [1.54, 1.807) is 4.90 Å². The van der Waals surface area contributed by atoms with Crippen LogP contribution in [0.5, 0.6) is 0 Å². The van der Waals surface area contributed by atoms with E-state index in [-0.39, 0.29) is 5.91 Å². The van der Waals surface area contributed by atoms with Crippen LogP contribution in [-0.2, 0) is 9.59 Å². The van der Waals surface area contributed by atoms with Crippen molar-refractivity contribution in [2.24, 2.45) is 11.3 Å². The van der Waals surface area contributed by atoms with Gasteiger partial charge < -0.3 is 14.9 Å². The van der Waals surface area contributed by atoms with Crippen molar-refractivity contribution in [1.82, 2.24) is 9.80 Å². The predicted molar refractivity (Wildman–Crippen MR) is 67.2 cm³/mol. The van der Waals surface area contributed by atoms with Crippen LogP contribution >= 0.6 is 0 Å². The van der Waals surface area contributed by atoms with Gasteiger partial charge in [0.05, 0.1) is 0 Å². The molecule has 0 atom stereocenters. The molecule has 0 aromatic carbocycles. The molecule has 1 saturated carbocycles. The van der Waals surface area contributed by atoms with Gasteiger partial charge in [0.25, 0.3) is 0 Å². The minimum atomic E-state index is -1.06. The average molecular weight is 254 g/mol. The van der Waals surface area contributed by atoms with Gasteiger partial charge in [-0.25, -0.2) is 0 Å². The topological polar surface area (TPSA) is 60.9 Å². The summed E-state index contributed by atoms with van der Waals surface area (Å²) >= 11 is 0. The molecule has 102 valence electrons. The number of hydrogen-bond donors (Lipinski definition) is 1. The average Bonchev–Trinajstić information content (AvgIpc) is 3.09. The number of carboxylic acid groups (broad SMARTS) is 1. The van der Waals surface area contributed by atoms with Crippen molar-refractivity contribution in [3.8, 4) is 0 Å². The van der Waals surface area contributed by atoms with Crippen LogP contribution in [0, 0.1) is 11.3 Å². The molecule has 1 aliphatic heterocycles. The summed E-state index contributed by atoms with van der Waals surface area (Å²) in [5.74, 6) is -0.467. The number of hydrogen-bond acceptors (Lipinski definition) is 3. The highest BCUT2D eigenvalue weighted by atomic mass is 16.4. The molecular formula is C13H22N2O3. The number of likely N-dealkylation sites (tertiary alicyclic amines) is 1. The first kappa shape index (κ1) is 13.3. The van der Waals surface area contributed by atoms with Crippen LogP contribution in [0.3, 0.4) is 0 Å². The van der Waals surface area contributed by atoms with Crippen molar-refractivity contribution in [3.63, 3.8) is 0 Å². The molecule has 2 fully saturated rings. The number of carbonyl (C=O) groups is 2. The summed E-state index contributed by atoms with van der Waals surface area (Å²) in [5, 5.41) is 9.12. The first-order chi connectivity index (χ1) is 8.45. The molecule has 1 amide bonds. The van der Waals surface area contributed by atoms with Crippen LogP contribution in [0.1, 0.15) is 25.7 Å². The summed E-state index contributed by atoms with van der Waals surface area (Å²) in [6, 6.07) is 0. The van der Waals surface area contributed by atoms with Gasteiger partial charge in [0.2, 0.25) is 5.91 Å². The van der Waals surface area contributed by atoms with Gasteiger partial charge in [-0.05, 0) is 45.7 Å². The van der Waals surface area contributed by atoms with Gasteiger partial charge in [-0.1, -0.05) is 0 Å². The summed E-state index contributed by atoms with van der Waals surface area (Å²) in [6.45, 7) is 2.48. The molecule has 0 unspecified atom stereocenters. The number of piperidine rings is 1. The maximum Gasteiger partial charge on any atom is 0.319 e. The van der Waals surface area contributed by atoms with Gasteiger partial charge in [-0.2, -0.15) is 0 Å². The third kappa shape index (κ3) is 2.51. The minimum absolute atomic E-state index is 0.154. The lowest BCUT2D eigenvalue weighted by Crippen LogP contribution is -2.46. The van der Waals surface area contributed by atoms with Crippen LogP contribution in [0.2, 0.25) is 0 Å². The fourth-order valence-corrected chi connectivity index (χ4v) is 2.78. The third-order valence-corrected chi connectivity index (χ3v) is 4.09. The molecule has 0 radical (unpaired) electrons. The molecule has 0 aromatic rings. The van der Waals surface area contributed by atoms with Crippen molar-refractivity contribution < 1.29 is 14.7 Å². The van der Waals surface area contributed by atoms with Crippen molar-refractivity contribution in [2.75, 3.05) is 33.7 Å². The molecule has 0 spiro atoms. The van der Waals surface area contributed by atoms with Gasteiger partial charge in [-0.3, -0.25) is 9.59 Å². The van der Waals surface area contributed by atoms with Crippen LogP contribution in [0.4, 0.5) is 0 Å². The smallest absolute Gasteiger partial charge is 0.319 e. The van der Waals surface area contributed by atoms with E-state index in [1.807, 2.05) is 0 Å². The first-order valence-corrected chi connectivity index (χ1v) is 6.63. The molecule has 18 heavy (non-hydrogen) atoms. The standard InChI is InChI=1S/C13H22N2O3/c1-14(2)9-10-3-7-15(8-4-10)11(16)13(5-6-13)12(17)18/h10H,3-9H2,1-2H3,(H,17,18). The first-order valence-electron chi connectivity index (χ1n) is 6.63. The number of carboxylic acids is 1. The zero-order valence-corrected chi connectivity index (χ0v) is 11.2. The van der Waals surface area contributed by atoms with Gasteiger partial charge in [0, 0.05) is 19.6 Å². The second-order valence-corrected chi connectivity index (χ2v) is 5.89. The molecule has 0 aromatic heterocycles. The van der Waals surface area contributed by atoms with E-state index in [0.29, 0.717) is 31.8 Å². The number of amides is 1. The number of carbonyl (C=O) groups excluding carboxylic acids is 1.